The molecule has 0 aromatic carbocycles. The monoisotopic (exact) mass is 360 g/mol. The number of fused-ring (bicyclic) bond motifs is 6. The third-order valence-corrected chi connectivity index (χ3v) is 6.82. The SMILES string of the molecule is C/C=C(/C)C(=O)OC1CCC2C3CN4C(=O)CCCC4C(CN2C1)C3=O. The predicted octanol–water partition coefficient (Wildman–Crippen LogP) is 1.54. The van der Waals surface area contributed by atoms with E-state index in [0.29, 0.717) is 37.4 Å². The topological polar surface area (TPSA) is 66.9 Å². The molecule has 142 valence electrons. The third-order valence-electron chi connectivity index (χ3n) is 6.82. The first kappa shape index (κ1) is 17.7. The fraction of sp³-hybridized carbons (Fsp3) is 0.750. The van der Waals surface area contributed by atoms with Crippen molar-refractivity contribution in [3.8, 4) is 0 Å². The molecular weight excluding hydrogens is 332 g/mol. The number of nitrogens with zero attached hydrogens (tertiary/aromatic N) is 2. The lowest BCUT2D eigenvalue weighted by Gasteiger charge is -2.56. The summed E-state index contributed by atoms with van der Waals surface area (Å²) in [5.74, 6) is 0.208. The van der Waals surface area contributed by atoms with Gasteiger partial charge in [0.05, 0.1) is 11.8 Å². The van der Waals surface area contributed by atoms with E-state index in [9.17, 15) is 14.4 Å². The Hall–Kier alpha value is -1.69. The molecule has 26 heavy (non-hydrogen) atoms. The second-order valence-corrected chi connectivity index (χ2v) is 8.22. The van der Waals surface area contributed by atoms with Crippen LogP contribution in [0.25, 0.3) is 0 Å². The first-order chi connectivity index (χ1) is 12.5. The maximum absolute atomic E-state index is 13.0. The van der Waals surface area contributed by atoms with Crippen LogP contribution in [0.15, 0.2) is 11.6 Å². The van der Waals surface area contributed by atoms with E-state index in [1.807, 2.05) is 11.8 Å². The largest absolute Gasteiger partial charge is 0.458 e. The Labute approximate surface area is 154 Å². The molecule has 0 spiro atoms. The van der Waals surface area contributed by atoms with E-state index in [2.05, 4.69) is 4.90 Å². The molecule has 4 aliphatic rings. The lowest BCUT2D eigenvalue weighted by Crippen LogP contribution is -2.69. The van der Waals surface area contributed by atoms with Crippen molar-refractivity contribution in [2.45, 2.75) is 64.1 Å². The summed E-state index contributed by atoms with van der Waals surface area (Å²) in [7, 11) is 0. The van der Waals surface area contributed by atoms with Crippen molar-refractivity contribution in [1.82, 2.24) is 9.80 Å². The number of amides is 1. The van der Waals surface area contributed by atoms with Crippen LogP contribution in [0, 0.1) is 11.8 Å². The summed E-state index contributed by atoms with van der Waals surface area (Å²) in [5.41, 5.74) is 0.633. The molecular formula is C20H28N2O4. The van der Waals surface area contributed by atoms with E-state index < -0.39 is 0 Å². The van der Waals surface area contributed by atoms with Crippen LogP contribution in [0.4, 0.5) is 0 Å². The van der Waals surface area contributed by atoms with E-state index in [0.717, 1.165) is 25.7 Å². The molecule has 0 aliphatic carbocycles. The highest BCUT2D eigenvalue weighted by Gasteiger charge is 2.54. The molecule has 4 aliphatic heterocycles. The minimum absolute atomic E-state index is 0.0685. The van der Waals surface area contributed by atoms with Gasteiger partial charge in [0.1, 0.15) is 11.9 Å². The first-order valence-electron chi connectivity index (χ1n) is 9.90. The van der Waals surface area contributed by atoms with Gasteiger partial charge >= 0.3 is 5.97 Å². The third kappa shape index (κ3) is 2.88. The van der Waals surface area contributed by atoms with Crippen molar-refractivity contribution >= 4 is 17.7 Å². The highest BCUT2D eigenvalue weighted by molar-refractivity contribution is 5.90. The van der Waals surface area contributed by atoms with Gasteiger partial charge < -0.3 is 9.64 Å². The summed E-state index contributed by atoms with van der Waals surface area (Å²) in [6.45, 7) is 5.59. The van der Waals surface area contributed by atoms with E-state index in [1.165, 1.54) is 0 Å². The van der Waals surface area contributed by atoms with Gasteiger partial charge in [-0.25, -0.2) is 4.79 Å². The summed E-state index contributed by atoms with van der Waals surface area (Å²) in [6.07, 6.45) is 5.76. The Kier molecular flexibility index (Phi) is 4.63. The molecule has 0 N–H and O–H groups in total. The summed E-state index contributed by atoms with van der Waals surface area (Å²) < 4.78 is 5.67. The fourth-order valence-corrected chi connectivity index (χ4v) is 5.30. The molecule has 6 heteroatoms. The lowest BCUT2D eigenvalue weighted by molar-refractivity contribution is -0.166. The lowest BCUT2D eigenvalue weighted by atomic mass is 9.69. The summed E-state index contributed by atoms with van der Waals surface area (Å²) in [6, 6.07) is 0.265. The summed E-state index contributed by atoms with van der Waals surface area (Å²) >= 11 is 0. The van der Waals surface area contributed by atoms with Gasteiger partial charge in [-0.3, -0.25) is 14.5 Å². The number of allylic oxidation sites excluding steroid dienone is 1. The van der Waals surface area contributed by atoms with Gasteiger partial charge in [-0.1, -0.05) is 6.08 Å². The quantitative estimate of drug-likeness (QED) is 0.552. The minimum atomic E-state index is -0.242. The Balaban J connectivity index is 1.48. The zero-order chi connectivity index (χ0) is 18.4. The molecule has 0 radical (unpaired) electrons. The number of rotatable bonds is 2. The summed E-state index contributed by atoms with van der Waals surface area (Å²) in [5, 5.41) is 0. The average Bonchev–Trinajstić information content (AvgIpc) is 2.62. The van der Waals surface area contributed by atoms with Crippen molar-refractivity contribution in [2.75, 3.05) is 19.6 Å². The maximum Gasteiger partial charge on any atom is 0.333 e. The van der Waals surface area contributed by atoms with Crippen molar-refractivity contribution in [3.05, 3.63) is 11.6 Å². The molecule has 4 fully saturated rings. The number of ketones is 1. The predicted molar refractivity (Wildman–Crippen MR) is 95.2 cm³/mol. The van der Waals surface area contributed by atoms with E-state index in [-0.39, 0.29) is 41.9 Å². The standard InChI is InChI=1S/C20H28N2O4/c1-3-12(2)20(25)26-13-7-8-16-15-11-22-17(5-4-6-18(22)23)14(19(15)24)10-21(16)9-13/h3,13-17H,4-11H2,1-2H3/b12-3-. The van der Waals surface area contributed by atoms with Gasteiger partial charge in [-0.15, -0.1) is 0 Å². The van der Waals surface area contributed by atoms with Crippen LogP contribution in [0.5, 0.6) is 0 Å². The zero-order valence-electron chi connectivity index (χ0n) is 15.6. The van der Waals surface area contributed by atoms with Gasteiger partial charge in [-0.05, 0) is 39.5 Å². The molecule has 5 unspecified atom stereocenters. The maximum atomic E-state index is 13.0. The second kappa shape index (κ2) is 6.80. The molecule has 0 aromatic heterocycles. The molecule has 0 saturated carbocycles. The van der Waals surface area contributed by atoms with Crippen LogP contribution in [0.3, 0.4) is 0 Å². The number of carbonyl (C=O) groups excluding carboxylic acids is 3. The number of carbonyl (C=O) groups is 3. The van der Waals surface area contributed by atoms with Crippen LogP contribution in [0.1, 0.15) is 46.0 Å². The van der Waals surface area contributed by atoms with Crippen LogP contribution >= 0.6 is 0 Å². The Morgan fingerprint density at radius 1 is 1.08 bits per heavy atom. The minimum Gasteiger partial charge on any atom is -0.458 e. The fourth-order valence-electron chi connectivity index (χ4n) is 5.30. The molecule has 4 rings (SSSR count). The van der Waals surface area contributed by atoms with E-state index in [1.54, 1.807) is 13.0 Å². The van der Waals surface area contributed by atoms with Crippen molar-refractivity contribution < 1.29 is 19.1 Å². The molecule has 4 heterocycles. The molecule has 0 aromatic rings. The smallest absolute Gasteiger partial charge is 0.333 e. The summed E-state index contributed by atoms with van der Waals surface area (Å²) in [4.78, 5) is 41.7. The number of ether oxygens (including phenoxy) is 1. The van der Waals surface area contributed by atoms with Gasteiger partial charge in [0, 0.05) is 43.7 Å². The van der Waals surface area contributed by atoms with Crippen LogP contribution in [-0.4, -0.2) is 65.3 Å². The van der Waals surface area contributed by atoms with Crippen molar-refractivity contribution in [1.29, 1.82) is 0 Å². The first-order valence-corrected chi connectivity index (χ1v) is 9.90. The average molecular weight is 360 g/mol. The van der Waals surface area contributed by atoms with Gasteiger partial charge in [0.15, 0.2) is 0 Å². The highest BCUT2D eigenvalue weighted by atomic mass is 16.5. The van der Waals surface area contributed by atoms with E-state index >= 15 is 0 Å². The van der Waals surface area contributed by atoms with Gasteiger partial charge in [0.2, 0.25) is 5.91 Å². The van der Waals surface area contributed by atoms with Crippen molar-refractivity contribution in [3.63, 3.8) is 0 Å². The number of hydrogen-bond donors (Lipinski definition) is 0. The zero-order valence-corrected chi connectivity index (χ0v) is 15.6. The molecule has 6 nitrogen and oxygen atoms in total. The van der Waals surface area contributed by atoms with E-state index in [4.69, 9.17) is 4.74 Å². The van der Waals surface area contributed by atoms with Gasteiger partial charge in [0.25, 0.3) is 0 Å². The van der Waals surface area contributed by atoms with Crippen LogP contribution in [-0.2, 0) is 19.1 Å². The molecule has 2 bridgehead atoms. The number of esters is 1. The Bertz CT molecular complexity index is 654. The second-order valence-electron chi connectivity index (χ2n) is 8.22. The number of hydrogen-bond acceptors (Lipinski definition) is 5. The number of piperidine rings is 4. The molecule has 1 amide bonds. The van der Waals surface area contributed by atoms with Crippen LogP contribution < -0.4 is 0 Å². The molecule has 5 atom stereocenters. The normalized spacial score (nSPS) is 37.8. The molecule has 4 saturated heterocycles. The van der Waals surface area contributed by atoms with Crippen molar-refractivity contribution in [2.24, 2.45) is 11.8 Å². The van der Waals surface area contributed by atoms with Crippen LogP contribution in [0.2, 0.25) is 0 Å². The number of Topliss-reactive ketones (excluding diaryl/α,β-unsaturated/α-hetero) is 1. The highest BCUT2D eigenvalue weighted by Crippen LogP contribution is 2.41. The van der Waals surface area contributed by atoms with Gasteiger partial charge in [-0.2, -0.15) is 0 Å². The Morgan fingerprint density at radius 3 is 2.62 bits per heavy atom. The Morgan fingerprint density at radius 2 is 1.85 bits per heavy atom.